The lowest BCUT2D eigenvalue weighted by molar-refractivity contribution is -0.116. The van der Waals surface area contributed by atoms with E-state index in [2.05, 4.69) is 5.32 Å². The van der Waals surface area contributed by atoms with E-state index in [1.165, 1.54) is 18.2 Å². The Kier molecular flexibility index (Phi) is 5.81. The zero-order valence-corrected chi connectivity index (χ0v) is 15.0. The largest absolute Gasteiger partial charge is 0.497 e. The molecular weight excluding hydrogens is 349 g/mol. The zero-order chi connectivity index (χ0) is 18.4. The van der Waals surface area contributed by atoms with Crippen molar-refractivity contribution in [2.75, 3.05) is 7.11 Å². The van der Waals surface area contributed by atoms with E-state index in [1.807, 2.05) is 41.1 Å². The number of benzene rings is 2. The van der Waals surface area contributed by atoms with E-state index in [0.29, 0.717) is 0 Å². The molecule has 0 saturated carbocycles. The lowest BCUT2D eigenvalue weighted by atomic mass is 9.98. The highest BCUT2D eigenvalue weighted by atomic mass is 32.1. The predicted molar refractivity (Wildman–Crippen MR) is 103 cm³/mol. The van der Waals surface area contributed by atoms with Crippen LogP contribution in [0.3, 0.4) is 0 Å². The first-order chi connectivity index (χ1) is 12.7. The van der Waals surface area contributed by atoms with Crippen molar-refractivity contribution in [3.8, 4) is 5.75 Å². The monoisotopic (exact) mass is 367 g/mol. The summed E-state index contributed by atoms with van der Waals surface area (Å²) < 4.78 is 18.5. The van der Waals surface area contributed by atoms with Gasteiger partial charge in [0, 0.05) is 6.08 Å². The van der Waals surface area contributed by atoms with E-state index in [4.69, 9.17) is 4.74 Å². The van der Waals surface area contributed by atoms with Gasteiger partial charge in [-0.2, -0.15) is 11.3 Å². The van der Waals surface area contributed by atoms with Crippen molar-refractivity contribution in [2.24, 2.45) is 0 Å². The number of halogens is 1. The third kappa shape index (κ3) is 4.58. The molecule has 0 aliphatic heterocycles. The van der Waals surface area contributed by atoms with E-state index >= 15 is 0 Å². The molecule has 0 fully saturated rings. The second-order valence-corrected chi connectivity index (χ2v) is 6.44. The van der Waals surface area contributed by atoms with Gasteiger partial charge in [-0.05, 0) is 63.9 Å². The number of nitrogens with one attached hydrogen (secondary N) is 1. The van der Waals surface area contributed by atoms with Crippen LogP contribution in [0.4, 0.5) is 4.39 Å². The van der Waals surface area contributed by atoms with Crippen LogP contribution in [0.5, 0.6) is 5.75 Å². The molecule has 5 heteroatoms. The van der Waals surface area contributed by atoms with Crippen molar-refractivity contribution in [3.63, 3.8) is 0 Å². The Morgan fingerprint density at radius 2 is 1.73 bits per heavy atom. The molecule has 0 aliphatic rings. The van der Waals surface area contributed by atoms with Crippen LogP contribution in [0.25, 0.3) is 6.08 Å². The first-order valence-electron chi connectivity index (χ1n) is 8.06. The van der Waals surface area contributed by atoms with Crippen molar-refractivity contribution in [1.29, 1.82) is 0 Å². The quantitative estimate of drug-likeness (QED) is 0.635. The van der Waals surface area contributed by atoms with Crippen molar-refractivity contribution < 1.29 is 13.9 Å². The summed E-state index contributed by atoms with van der Waals surface area (Å²) >= 11 is 1.57. The van der Waals surface area contributed by atoms with Gasteiger partial charge in [0.2, 0.25) is 5.91 Å². The van der Waals surface area contributed by atoms with Gasteiger partial charge in [0.1, 0.15) is 11.6 Å². The molecule has 1 unspecified atom stereocenters. The highest BCUT2D eigenvalue weighted by Gasteiger charge is 2.16. The second kappa shape index (κ2) is 8.45. The molecule has 132 valence electrons. The van der Waals surface area contributed by atoms with Gasteiger partial charge in [-0.15, -0.1) is 0 Å². The molecular formula is C21H18FNO2S. The number of ether oxygens (including phenoxy) is 1. The maximum absolute atomic E-state index is 13.3. The summed E-state index contributed by atoms with van der Waals surface area (Å²) in [5, 5.41) is 6.90. The Morgan fingerprint density at radius 1 is 1.08 bits per heavy atom. The number of carbonyl (C=O) groups is 1. The van der Waals surface area contributed by atoms with Gasteiger partial charge in [0.05, 0.1) is 13.2 Å². The summed E-state index contributed by atoms with van der Waals surface area (Å²) in [6, 6.07) is 15.1. The van der Waals surface area contributed by atoms with Crippen LogP contribution in [0.2, 0.25) is 0 Å². The predicted octanol–water partition coefficient (Wildman–Crippen LogP) is 4.81. The smallest absolute Gasteiger partial charge is 0.244 e. The van der Waals surface area contributed by atoms with Crippen LogP contribution in [-0.4, -0.2) is 13.0 Å². The lowest BCUT2D eigenvalue weighted by Gasteiger charge is -2.19. The van der Waals surface area contributed by atoms with Crippen LogP contribution in [0, 0.1) is 5.82 Å². The second-order valence-electron chi connectivity index (χ2n) is 5.66. The van der Waals surface area contributed by atoms with Crippen LogP contribution in [-0.2, 0) is 4.79 Å². The van der Waals surface area contributed by atoms with E-state index in [-0.39, 0.29) is 17.8 Å². The molecule has 1 amide bonds. The first kappa shape index (κ1) is 17.9. The average molecular weight is 367 g/mol. The molecule has 0 saturated heterocycles. The number of amides is 1. The number of methoxy groups -OCH3 is 1. The van der Waals surface area contributed by atoms with Gasteiger partial charge in [0.15, 0.2) is 0 Å². The summed E-state index contributed by atoms with van der Waals surface area (Å²) in [6.07, 6.45) is 3.27. The lowest BCUT2D eigenvalue weighted by Crippen LogP contribution is -2.27. The topological polar surface area (TPSA) is 38.3 Å². The van der Waals surface area contributed by atoms with Gasteiger partial charge in [-0.3, -0.25) is 4.79 Å². The Labute approximate surface area is 155 Å². The van der Waals surface area contributed by atoms with Crippen molar-refractivity contribution in [3.05, 3.63) is 93.9 Å². The third-order valence-electron chi connectivity index (χ3n) is 3.91. The van der Waals surface area contributed by atoms with Gasteiger partial charge in [0.25, 0.3) is 0 Å². The highest BCUT2D eigenvalue weighted by Crippen LogP contribution is 2.24. The molecule has 1 atom stereocenters. The Balaban J connectivity index is 1.84. The van der Waals surface area contributed by atoms with E-state index in [0.717, 1.165) is 22.4 Å². The fourth-order valence-electron chi connectivity index (χ4n) is 2.54. The molecule has 3 rings (SSSR count). The van der Waals surface area contributed by atoms with Crippen LogP contribution in [0.15, 0.2) is 71.4 Å². The third-order valence-corrected chi connectivity index (χ3v) is 4.61. The van der Waals surface area contributed by atoms with Crippen LogP contribution >= 0.6 is 11.3 Å². The van der Waals surface area contributed by atoms with Crippen molar-refractivity contribution >= 4 is 23.3 Å². The molecule has 0 radical (unpaired) electrons. The molecule has 1 N–H and O–H groups in total. The van der Waals surface area contributed by atoms with E-state index in [1.54, 1.807) is 36.7 Å². The minimum Gasteiger partial charge on any atom is -0.497 e. The summed E-state index contributed by atoms with van der Waals surface area (Å²) in [5.41, 5.74) is 2.66. The molecule has 0 bridgehead atoms. The number of rotatable bonds is 6. The molecule has 3 nitrogen and oxygen atoms in total. The minimum atomic E-state index is -0.388. The Bertz CT molecular complexity index is 871. The maximum atomic E-state index is 13.3. The number of carbonyl (C=O) groups excluding carboxylic acids is 1. The molecule has 0 spiro atoms. The summed E-state index contributed by atoms with van der Waals surface area (Å²) in [7, 11) is 1.60. The van der Waals surface area contributed by atoms with Crippen molar-refractivity contribution in [2.45, 2.75) is 6.04 Å². The van der Waals surface area contributed by atoms with Crippen LogP contribution in [0.1, 0.15) is 22.7 Å². The maximum Gasteiger partial charge on any atom is 0.244 e. The normalized spacial score (nSPS) is 12.1. The molecule has 26 heavy (non-hydrogen) atoms. The number of hydrogen-bond donors (Lipinski definition) is 1. The summed E-state index contributed by atoms with van der Waals surface area (Å²) in [6.45, 7) is 0. The number of thiophene rings is 1. The van der Waals surface area contributed by atoms with Gasteiger partial charge < -0.3 is 10.1 Å². The number of hydrogen-bond acceptors (Lipinski definition) is 3. The van der Waals surface area contributed by atoms with Crippen molar-refractivity contribution in [1.82, 2.24) is 5.32 Å². The SMILES string of the molecule is COc1ccc(C(NC(=O)/C=C/c2ccsc2)c2ccc(F)cc2)cc1. The van der Waals surface area contributed by atoms with Gasteiger partial charge in [-0.25, -0.2) is 4.39 Å². The first-order valence-corrected chi connectivity index (χ1v) is 9.00. The molecule has 1 aromatic heterocycles. The van der Waals surface area contributed by atoms with Crippen LogP contribution < -0.4 is 10.1 Å². The summed E-state index contributed by atoms with van der Waals surface area (Å²) in [4.78, 5) is 12.4. The Morgan fingerprint density at radius 3 is 2.31 bits per heavy atom. The minimum absolute atomic E-state index is 0.221. The fraction of sp³-hybridized carbons (Fsp3) is 0.0952. The standard InChI is InChI=1S/C21H18FNO2S/c1-25-19-9-5-17(6-10-19)21(16-3-7-18(22)8-4-16)23-20(24)11-2-15-12-13-26-14-15/h2-14,21H,1H3,(H,23,24)/b11-2+. The van der Waals surface area contributed by atoms with E-state index in [9.17, 15) is 9.18 Å². The molecule has 2 aromatic carbocycles. The fourth-order valence-corrected chi connectivity index (χ4v) is 3.17. The molecule has 1 heterocycles. The summed E-state index contributed by atoms with van der Waals surface area (Å²) in [5.74, 6) is 0.197. The Hall–Kier alpha value is -2.92. The van der Waals surface area contributed by atoms with E-state index < -0.39 is 0 Å². The average Bonchev–Trinajstić information content (AvgIpc) is 3.19. The molecule has 0 aliphatic carbocycles. The zero-order valence-electron chi connectivity index (χ0n) is 14.2. The van der Waals surface area contributed by atoms with Gasteiger partial charge >= 0.3 is 0 Å². The highest BCUT2D eigenvalue weighted by molar-refractivity contribution is 7.08. The molecule has 3 aromatic rings. The van der Waals surface area contributed by atoms with Gasteiger partial charge in [-0.1, -0.05) is 24.3 Å².